The van der Waals surface area contributed by atoms with Crippen molar-refractivity contribution < 1.29 is 8.42 Å². The Morgan fingerprint density at radius 3 is 2.90 bits per heavy atom. The monoisotopic (exact) mass is 291 g/mol. The molecule has 2 bridgehead atoms. The zero-order valence-corrected chi connectivity index (χ0v) is 11.9. The first-order valence-electron chi connectivity index (χ1n) is 6.95. The van der Waals surface area contributed by atoms with Crippen LogP contribution in [-0.2, 0) is 10.0 Å². The molecule has 20 heavy (non-hydrogen) atoms. The highest BCUT2D eigenvalue weighted by Crippen LogP contribution is 2.48. The van der Waals surface area contributed by atoms with Crippen molar-refractivity contribution in [2.75, 3.05) is 6.54 Å². The van der Waals surface area contributed by atoms with Crippen LogP contribution in [0.3, 0.4) is 0 Å². The van der Waals surface area contributed by atoms with E-state index in [1.165, 1.54) is 37.6 Å². The van der Waals surface area contributed by atoms with Gasteiger partial charge in [0.2, 0.25) is 10.0 Å². The molecular formula is C14H17N3O2S. The van der Waals surface area contributed by atoms with Crippen LogP contribution in [0.15, 0.2) is 23.2 Å². The Bertz CT molecular complexity index is 651. The molecule has 3 rings (SSSR count). The van der Waals surface area contributed by atoms with E-state index in [2.05, 4.69) is 9.71 Å². The van der Waals surface area contributed by atoms with Gasteiger partial charge >= 0.3 is 0 Å². The minimum Gasteiger partial charge on any atom is -0.244 e. The van der Waals surface area contributed by atoms with Gasteiger partial charge in [-0.2, -0.15) is 5.26 Å². The van der Waals surface area contributed by atoms with Crippen LogP contribution in [-0.4, -0.2) is 19.9 Å². The van der Waals surface area contributed by atoms with Gasteiger partial charge in [-0.05, 0) is 49.1 Å². The van der Waals surface area contributed by atoms with E-state index in [1.807, 2.05) is 6.07 Å². The average molecular weight is 291 g/mol. The predicted octanol–water partition coefficient (Wildman–Crippen LogP) is 1.67. The Hall–Kier alpha value is -1.45. The quantitative estimate of drug-likeness (QED) is 0.914. The molecular weight excluding hydrogens is 274 g/mol. The number of pyridine rings is 1. The fourth-order valence-corrected chi connectivity index (χ4v) is 4.81. The fraction of sp³-hybridized carbons (Fsp3) is 0.571. The molecule has 1 aromatic heterocycles. The molecule has 0 radical (unpaired) electrons. The van der Waals surface area contributed by atoms with Gasteiger partial charge in [0.15, 0.2) is 5.69 Å². The summed E-state index contributed by atoms with van der Waals surface area (Å²) in [4.78, 5) is 3.78. The molecule has 0 saturated heterocycles. The minimum atomic E-state index is -3.64. The molecule has 2 aliphatic carbocycles. The molecule has 3 unspecified atom stereocenters. The van der Waals surface area contributed by atoms with Crippen molar-refractivity contribution in [1.29, 1.82) is 5.26 Å². The molecule has 0 amide bonds. The molecule has 2 aliphatic rings. The van der Waals surface area contributed by atoms with Crippen LogP contribution in [0.5, 0.6) is 0 Å². The third-order valence-corrected chi connectivity index (χ3v) is 6.04. The van der Waals surface area contributed by atoms with E-state index >= 15 is 0 Å². The summed E-state index contributed by atoms with van der Waals surface area (Å²) in [6.07, 6.45) is 6.34. The minimum absolute atomic E-state index is 0.0225. The second-order valence-corrected chi connectivity index (χ2v) is 7.48. The van der Waals surface area contributed by atoms with Crippen LogP contribution in [0.1, 0.15) is 31.4 Å². The maximum absolute atomic E-state index is 12.3. The van der Waals surface area contributed by atoms with Crippen LogP contribution in [0, 0.1) is 29.1 Å². The summed E-state index contributed by atoms with van der Waals surface area (Å²) in [5.41, 5.74) is -0.0482. The van der Waals surface area contributed by atoms with Crippen LogP contribution in [0.25, 0.3) is 0 Å². The molecule has 3 atom stereocenters. The van der Waals surface area contributed by atoms with Crippen LogP contribution in [0.2, 0.25) is 0 Å². The van der Waals surface area contributed by atoms with Crippen molar-refractivity contribution in [3.05, 3.63) is 24.0 Å². The third kappa shape index (κ3) is 2.43. The van der Waals surface area contributed by atoms with E-state index in [4.69, 9.17) is 5.26 Å². The van der Waals surface area contributed by atoms with Gasteiger partial charge < -0.3 is 0 Å². The van der Waals surface area contributed by atoms with Gasteiger partial charge in [0.1, 0.15) is 11.0 Å². The number of nitrogens with one attached hydrogen (secondary N) is 1. The Morgan fingerprint density at radius 2 is 2.25 bits per heavy atom. The number of nitrogens with zero attached hydrogens (tertiary/aromatic N) is 2. The number of hydrogen-bond donors (Lipinski definition) is 1. The lowest BCUT2D eigenvalue weighted by Gasteiger charge is -2.21. The zero-order valence-electron chi connectivity index (χ0n) is 11.1. The highest BCUT2D eigenvalue weighted by atomic mass is 32.2. The van der Waals surface area contributed by atoms with Crippen molar-refractivity contribution in [3.8, 4) is 6.07 Å². The van der Waals surface area contributed by atoms with E-state index in [0.29, 0.717) is 18.4 Å². The molecule has 1 N–H and O–H groups in total. The van der Waals surface area contributed by atoms with Crippen LogP contribution >= 0.6 is 0 Å². The molecule has 0 aliphatic heterocycles. The lowest BCUT2D eigenvalue weighted by Crippen LogP contribution is -2.32. The van der Waals surface area contributed by atoms with Crippen molar-refractivity contribution in [1.82, 2.24) is 9.71 Å². The lowest BCUT2D eigenvalue weighted by atomic mass is 9.89. The largest absolute Gasteiger partial charge is 0.244 e. The molecule has 2 saturated carbocycles. The maximum Gasteiger partial charge on any atom is 0.243 e. The number of aromatic nitrogens is 1. The summed E-state index contributed by atoms with van der Waals surface area (Å²) in [5.74, 6) is 1.92. The van der Waals surface area contributed by atoms with Gasteiger partial charge in [-0.25, -0.2) is 18.1 Å². The number of fused-ring (bicyclic) bond motifs is 2. The van der Waals surface area contributed by atoms with Crippen LogP contribution < -0.4 is 4.72 Å². The Labute approximate surface area is 119 Å². The first-order chi connectivity index (χ1) is 9.60. The zero-order chi connectivity index (χ0) is 14.2. The van der Waals surface area contributed by atoms with E-state index in [1.54, 1.807) is 0 Å². The van der Waals surface area contributed by atoms with E-state index in [-0.39, 0.29) is 10.6 Å². The second kappa shape index (κ2) is 5.15. The van der Waals surface area contributed by atoms with Gasteiger partial charge in [-0.15, -0.1) is 0 Å². The molecule has 1 heterocycles. The standard InChI is InChI=1S/C14H17N3O2S/c15-8-13-14(2-1-5-16-13)20(18,19)17-9-12-7-10-3-4-11(12)6-10/h1-2,5,10-12,17H,3-4,6-7,9H2. The van der Waals surface area contributed by atoms with Gasteiger partial charge in [-0.1, -0.05) is 6.42 Å². The van der Waals surface area contributed by atoms with Crippen molar-refractivity contribution in [3.63, 3.8) is 0 Å². The van der Waals surface area contributed by atoms with Crippen molar-refractivity contribution >= 4 is 10.0 Å². The molecule has 1 aromatic rings. The lowest BCUT2D eigenvalue weighted by molar-refractivity contribution is 0.333. The molecule has 5 nitrogen and oxygen atoms in total. The van der Waals surface area contributed by atoms with Gasteiger partial charge in [0.05, 0.1) is 0 Å². The summed E-state index contributed by atoms with van der Waals surface area (Å²) in [5, 5.41) is 8.94. The predicted molar refractivity (Wildman–Crippen MR) is 73.1 cm³/mol. The van der Waals surface area contributed by atoms with Gasteiger partial charge in [-0.3, -0.25) is 0 Å². The summed E-state index contributed by atoms with van der Waals surface area (Å²) < 4.78 is 27.2. The Morgan fingerprint density at radius 1 is 1.40 bits per heavy atom. The molecule has 2 fully saturated rings. The van der Waals surface area contributed by atoms with Gasteiger partial charge in [0.25, 0.3) is 0 Å². The summed E-state index contributed by atoms with van der Waals surface area (Å²) in [6.45, 7) is 0.475. The Kier molecular flexibility index (Phi) is 3.48. The SMILES string of the molecule is N#Cc1ncccc1S(=O)(=O)NCC1CC2CCC1C2. The highest BCUT2D eigenvalue weighted by Gasteiger charge is 2.39. The number of rotatable bonds is 4. The summed E-state index contributed by atoms with van der Waals surface area (Å²) >= 11 is 0. The maximum atomic E-state index is 12.3. The van der Waals surface area contributed by atoms with Crippen molar-refractivity contribution in [2.45, 2.75) is 30.6 Å². The smallest absolute Gasteiger partial charge is 0.243 e. The number of hydrogen-bond acceptors (Lipinski definition) is 4. The summed E-state index contributed by atoms with van der Waals surface area (Å²) in [7, 11) is -3.64. The Balaban J connectivity index is 1.72. The average Bonchev–Trinajstić information content (AvgIpc) is 3.07. The van der Waals surface area contributed by atoms with Crippen molar-refractivity contribution in [2.24, 2.45) is 17.8 Å². The topological polar surface area (TPSA) is 82.8 Å². The first kappa shape index (κ1) is 13.5. The van der Waals surface area contributed by atoms with Crippen LogP contribution in [0.4, 0.5) is 0 Å². The molecule has 0 aromatic carbocycles. The molecule has 6 heteroatoms. The summed E-state index contributed by atoms with van der Waals surface area (Å²) in [6, 6.07) is 4.79. The second-order valence-electron chi connectivity index (χ2n) is 5.75. The van der Waals surface area contributed by atoms with E-state index in [9.17, 15) is 8.42 Å². The van der Waals surface area contributed by atoms with E-state index in [0.717, 1.165) is 12.3 Å². The van der Waals surface area contributed by atoms with Gasteiger partial charge in [0, 0.05) is 12.7 Å². The van der Waals surface area contributed by atoms with E-state index < -0.39 is 10.0 Å². The first-order valence-corrected chi connectivity index (χ1v) is 8.43. The number of nitriles is 1. The molecule has 0 spiro atoms. The number of sulfonamides is 1. The fourth-order valence-electron chi connectivity index (χ4n) is 3.61. The highest BCUT2D eigenvalue weighted by molar-refractivity contribution is 7.89. The normalized spacial score (nSPS) is 28.4. The third-order valence-electron chi connectivity index (χ3n) is 4.59. The molecule has 106 valence electrons.